The van der Waals surface area contributed by atoms with Gasteiger partial charge in [0.15, 0.2) is 0 Å². The minimum atomic E-state index is -0.320. The number of imidazole rings is 1. The number of fused-ring (bicyclic) bond motifs is 1. The highest BCUT2D eigenvalue weighted by atomic mass is 79.9. The lowest BCUT2D eigenvalue weighted by molar-refractivity contribution is 0.619. The number of rotatable bonds is 2. The maximum atomic E-state index is 13.8. The van der Waals surface area contributed by atoms with Crippen LogP contribution in [0.25, 0.3) is 11.0 Å². The summed E-state index contributed by atoms with van der Waals surface area (Å²) in [7, 11) is 0. The van der Waals surface area contributed by atoms with Crippen LogP contribution in [-0.4, -0.2) is 9.55 Å². The Morgan fingerprint density at radius 3 is 2.57 bits per heavy atom. The number of halogens is 2. The number of anilines is 1. The standard InChI is InChI=1S/C16H15BrFN3/c1-9-3-5-11(6-4-9)10(2)21-15-8-13(18)12(17)7-14(15)20-16(21)19/h3-8,10H,1-2H3,(H2,19,20). The first kappa shape index (κ1) is 14.1. The van der Waals surface area contributed by atoms with Gasteiger partial charge in [-0.05, 0) is 41.4 Å². The van der Waals surface area contributed by atoms with Crippen molar-refractivity contribution in [3.8, 4) is 0 Å². The molecular weight excluding hydrogens is 333 g/mol. The number of nitrogens with two attached hydrogens (primary N) is 1. The van der Waals surface area contributed by atoms with Gasteiger partial charge >= 0.3 is 0 Å². The van der Waals surface area contributed by atoms with E-state index in [1.807, 2.05) is 18.4 Å². The molecule has 2 N–H and O–H groups in total. The molecule has 3 aromatic rings. The van der Waals surface area contributed by atoms with Gasteiger partial charge in [0.05, 0.1) is 21.5 Å². The average molecular weight is 348 g/mol. The Morgan fingerprint density at radius 2 is 1.90 bits per heavy atom. The lowest BCUT2D eigenvalue weighted by atomic mass is 10.1. The molecule has 0 aliphatic rings. The third-order valence-electron chi connectivity index (χ3n) is 3.71. The smallest absolute Gasteiger partial charge is 0.201 e. The summed E-state index contributed by atoms with van der Waals surface area (Å²) in [4.78, 5) is 4.32. The summed E-state index contributed by atoms with van der Waals surface area (Å²) in [5.41, 5.74) is 9.72. The molecule has 0 spiro atoms. The van der Waals surface area contributed by atoms with Gasteiger partial charge in [-0.3, -0.25) is 0 Å². The molecule has 0 aliphatic carbocycles. The highest BCUT2D eigenvalue weighted by molar-refractivity contribution is 9.10. The van der Waals surface area contributed by atoms with Gasteiger partial charge in [-0.25, -0.2) is 9.37 Å². The molecule has 1 atom stereocenters. The van der Waals surface area contributed by atoms with Gasteiger partial charge < -0.3 is 10.3 Å². The fraction of sp³-hybridized carbons (Fsp3) is 0.188. The molecule has 3 rings (SSSR count). The van der Waals surface area contributed by atoms with Crippen molar-refractivity contribution in [2.75, 3.05) is 5.73 Å². The Hall–Kier alpha value is -1.88. The highest BCUT2D eigenvalue weighted by Crippen LogP contribution is 2.30. The maximum Gasteiger partial charge on any atom is 0.201 e. The molecular formula is C16H15BrFN3. The molecule has 0 amide bonds. The fourth-order valence-electron chi connectivity index (χ4n) is 2.51. The van der Waals surface area contributed by atoms with Crippen molar-refractivity contribution in [2.24, 2.45) is 0 Å². The predicted molar refractivity (Wildman–Crippen MR) is 86.8 cm³/mol. The summed E-state index contributed by atoms with van der Waals surface area (Å²) in [5, 5.41) is 0. The molecule has 0 aliphatic heterocycles. The first-order valence-electron chi connectivity index (χ1n) is 6.66. The van der Waals surface area contributed by atoms with Crippen molar-refractivity contribution in [1.29, 1.82) is 0 Å². The summed E-state index contributed by atoms with van der Waals surface area (Å²) >= 11 is 3.17. The van der Waals surface area contributed by atoms with Crippen molar-refractivity contribution in [1.82, 2.24) is 9.55 Å². The number of aromatic nitrogens is 2. The van der Waals surface area contributed by atoms with E-state index in [0.29, 0.717) is 21.5 Å². The zero-order valence-electron chi connectivity index (χ0n) is 11.8. The summed E-state index contributed by atoms with van der Waals surface area (Å²) in [6.07, 6.45) is 0. The lowest BCUT2D eigenvalue weighted by Gasteiger charge is -2.17. The van der Waals surface area contributed by atoms with Crippen LogP contribution in [0.1, 0.15) is 24.1 Å². The quantitative estimate of drug-likeness (QED) is 0.744. The van der Waals surface area contributed by atoms with Crippen LogP contribution in [0.4, 0.5) is 10.3 Å². The van der Waals surface area contributed by atoms with E-state index in [-0.39, 0.29) is 11.9 Å². The molecule has 21 heavy (non-hydrogen) atoms. The second kappa shape index (κ2) is 5.15. The van der Waals surface area contributed by atoms with E-state index in [1.54, 1.807) is 6.07 Å². The number of nitrogens with zero attached hydrogens (tertiary/aromatic N) is 2. The molecule has 0 saturated carbocycles. The summed E-state index contributed by atoms with van der Waals surface area (Å²) in [5.74, 6) is 0.0651. The van der Waals surface area contributed by atoms with Crippen molar-refractivity contribution in [3.63, 3.8) is 0 Å². The molecule has 0 saturated heterocycles. The third-order valence-corrected chi connectivity index (χ3v) is 4.31. The summed E-state index contributed by atoms with van der Waals surface area (Å²) < 4.78 is 16.1. The number of hydrogen-bond donors (Lipinski definition) is 1. The predicted octanol–water partition coefficient (Wildman–Crippen LogP) is 4.44. The van der Waals surface area contributed by atoms with Crippen LogP contribution < -0.4 is 5.73 Å². The van der Waals surface area contributed by atoms with Gasteiger partial charge in [-0.2, -0.15) is 0 Å². The molecule has 0 bridgehead atoms. The molecule has 5 heteroatoms. The molecule has 1 heterocycles. The van der Waals surface area contributed by atoms with E-state index in [0.717, 1.165) is 5.56 Å². The van der Waals surface area contributed by atoms with Crippen LogP contribution in [0.3, 0.4) is 0 Å². The van der Waals surface area contributed by atoms with Gasteiger partial charge in [-0.1, -0.05) is 29.8 Å². The van der Waals surface area contributed by atoms with Gasteiger partial charge in [0.2, 0.25) is 5.95 Å². The first-order chi connectivity index (χ1) is 9.97. The molecule has 1 unspecified atom stereocenters. The average Bonchev–Trinajstić information content (AvgIpc) is 2.75. The molecule has 0 radical (unpaired) electrons. The second-order valence-electron chi connectivity index (χ2n) is 5.18. The zero-order valence-corrected chi connectivity index (χ0v) is 13.4. The Morgan fingerprint density at radius 1 is 1.24 bits per heavy atom. The molecule has 108 valence electrons. The van der Waals surface area contributed by atoms with Crippen LogP contribution in [-0.2, 0) is 0 Å². The molecule has 1 aromatic heterocycles. The van der Waals surface area contributed by atoms with E-state index in [2.05, 4.69) is 45.2 Å². The van der Waals surface area contributed by atoms with Crippen molar-refractivity contribution < 1.29 is 4.39 Å². The van der Waals surface area contributed by atoms with E-state index >= 15 is 0 Å². The van der Waals surface area contributed by atoms with E-state index in [4.69, 9.17) is 5.73 Å². The normalized spacial score (nSPS) is 12.8. The largest absolute Gasteiger partial charge is 0.369 e. The minimum absolute atomic E-state index is 0.0174. The highest BCUT2D eigenvalue weighted by Gasteiger charge is 2.17. The van der Waals surface area contributed by atoms with E-state index < -0.39 is 0 Å². The maximum absolute atomic E-state index is 13.8. The number of benzene rings is 2. The van der Waals surface area contributed by atoms with Crippen LogP contribution in [0.15, 0.2) is 40.9 Å². The first-order valence-corrected chi connectivity index (χ1v) is 7.45. The van der Waals surface area contributed by atoms with Gasteiger partial charge in [-0.15, -0.1) is 0 Å². The van der Waals surface area contributed by atoms with Crippen LogP contribution in [0.5, 0.6) is 0 Å². The Labute approximate surface area is 130 Å². The number of nitrogen functional groups attached to an aromatic ring is 1. The minimum Gasteiger partial charge on any atom is -0.369 e. The van der Waals surface area contributed by atoms with Crippen molar-refractivity contribution >= 4 is 32.9 Å². The summed E-state index contributed by atoms with van der Waals surface area (Å²) in [6.45, 7) is 4.07. The SMILES string of the molecule is Cc1ccc(C(C)n2c(N)nc3cc(Br)c(F)cc32)cc1. The topological polar surface area (TPSA) is 43.8 Å². The van der Waals surface area contributed by atoms with Crippen LogP contribution >= 0.6 is 15.9 Å². The Kier molecular flexibility index (Phi) is 3.45. The van der Waals surface area contributed by atoms with Crippen molar-refractivity contribution in [2.45, 2.75) is 19.9 Å². The zero-order chi connectivity index (χ0) is 15.1. The third kappa shape index (κ3) is 2.42. The second-order valence-corrected chi connectivity index (χ2v) is 6.04. The lowest BCUT2D eigenvalue weighted by Crippen LogP contribution is -2.10. The van der Waals surface area contributed by atoms with Gasteiger partial charge in [0, 0.05) is 6.07 Å². The molecule has 3 nitrogen and oxygen atoms in total. The van der Waals surface area contributed by atoms with Gasteiger partial charge in [0.1, 0.15) is 5.82 Å². The molecule has 0 fully saturated rings. The van der Waals surface area contributed by atoms with E-state index in [9.17, 15) is 4.39 Å². The molecule has 2 aromatic carbocycles. The van der Waals surface area contributed by atoms with Crippen molar-refractivity contribution in [3.05, 3.63) is 57.8 Å². The van der Waals surface area contributed by atoms with Crippen LogP contribution in [0.2, 0.25) is 0 Å². The Bertz CT molecular complexity index is 808. The van der Waals surface area contributed by atoms with Gasteiger partial charge in [0.25, 0.3) is 0 Å². The summed E-state index contributed by atoms with van der Waals surface area (Å²) in [6, 6.07) is 11.3. The number of hydrogen-bond acceptors (Lipinski definition) is 2. The van der Waals surface area contributed by atoms with Crippen LogP contribution in [0, 0.1) is 12.7 Å². The van der Waals surface area contributed by atoms with E-state index in [1.165, 1.54) is 11.6 Å². The Balaban J connectivity index is 2.17. The monoisotopic (exact) mass is 347 g/mol. The fourth-order valence-corrected chi connectivity index (χ4v) is 2.84. The number of aryl methyl sites for hydroxylation is 1.